The van der Waals surface area contributed by atoms with Crippen molar-refractivity contribution < 1.29 is 4.74 Å². The third kappa shape index (κ3) is 6.19. The molecule has 4 heteroatoms. The minimum Gasteiger partial charge on any atom is -0.457 e. The van der Waals surface area contributed by atoms with Crippen LogP contribution in [-0.4, -0.2) is 23.0 Å². The third-order valence-corrected chi connectivity index (χ3v) is 4.64. The van der Waals surface area contributed by atoms with Crippen LogP contribution in [0.15, 0.2) is 79.1 Å². The summed E-state index contributed by atoms with van der Waals surface area (Å²) < 4.78 is 5.99. The maximum atomic E-state index is 5.99. The van der Waals surface area contributed by atoms with Crippen molar-refractivity contribution in [2.75, 3.05) is 13.1 Å². The highest BCUT2D eigenvalue weighted by atomic mass is 16.5. The summed E-state index contributed by atoms with van der Waals surface area (Å²) in [6, 6.07) is 22.3. The first-order chi connectivity index (χ1) is 13.5. The molecule has 0 bridgehead atoms. The molecule has 0 unspecified atom stereocenters. The van der Waals surface area contributed by atoms with Gasteiger partial charge in [0.1, 0.15) is 11.5 Å². The van der Waals surface area contributed by atoms with E-state index in [2.05, 4.69) is 48.0 Å². The average molecular weight is 376 g/mol. The van der Waals surface area contributed by atoms with Crippen LogP contribution in [-0.2, 0) is 13.1 Å². The van der Waals surface area contributed by atoms with Gasteiger partial charge in [0.05, 0.1) is 0 Å². The second-order valence-corrected chi connectivity index (χ2v) is 7.93. The van der Waals surface area contributed by atoms with Crippen molar-refractivity contribution in [3.63, 3.8) is 0 Å². The lowest BCUT2D eigenvalue weighted by molar-refractivity contribution is 0.168. The lowest BCUT2D eigenvalue weighted by Crippen LogP contribution is -2.38. The van der Waals surface area contributed by atoms with E-state index in [0.29, 0.717) is 6.54 Å². The fourth-order valence-corrected chi connectivity index (χ4v) is 3.17. The number of hydrogen-bond acceptors (Lipinski definition) is 4. The zero-order valence-electron chi connectivity index (χ0n) is 16.7. The number of para-hydroxylation sites is 1. The van der Waals surface area contributed by atoms with Crippen LogP contribution in [0.3, 0.4) is 0 Å². The van der Waals surface area contributed by atoms with Gasteiger partial charge in [0.15, 0.2) is 0 Å². The molecule has 0 aliphatic rings. The SMILES string of the molecule is CC(C)(CN)CN(Cc1ccncc1)Cc1cccc(Oc2ccccc2)c1. The van der Waals surface area contributed by atoms with Gasteiger partial charge < -0.3 is 10.5 Å². The molecule has 146 valence electrons. The van der Waals surface area contributed by atoms with Gasteiger partial charge in [-0.1, -0.05) is 44.2 Å². The second-order valence-electron chi connectivity index (χ2n) is 7.93. The molecular weight excluding hydrogens is 346 g/mol. The Morgan fingerprint density at radius 3 is 2.25 bits per heavy atom. The van der Waals surface area contributed by atoms with Crippen molar-refractivity contribution >= 4 is 0 Å². The minimum absolute atomic E-state index is 0.0468. The van der Waals surface area contributed by atoms with E-state index in [9.17, 15) is 0 Å². The van der Waals surface area contributed by atoms with Crippen LogP contribution in [0, 0.1) is 5.41 Å². The van der Waals surface area contributed by atoms with Crippen LogP contribution in [0.25, 0.3) is 0 Å². The molecule has 1 aromatic heterocycles. The Bertz CT molecular complexity index is 850. The summed E-state index contributed by atoms with van der Waals surface area (Å²) in [6.07, 6.45) is 3.69. The van der Waals surface area contributed by atoms with Gasteiger partial charge in [-0.3, -0.25) is 9.88 Å². The molecule has 0 fully saturated rings. The molecule has 0 saturated carbocycles. The van der Waals surface area contributed by atoms with E-state index in [-0.39, 0.29) is 5.41 Å². The van der Waals surface area contributed by atoms with Crippen LogP contribution in [0.1, 0.15) is 25.0 Å². The number of benzene rings is 2. The van der Waals surface area contributed by atoms with Crippen molar-refractivity contribution in [2.24, 2.45) is 11.1 Å². The van der Waals surface area contributed by atoms with Gasteiger partial charge in [0.25, 0.3) is 0 Å². The van der Waals surface area contributed by atoms with Crippen LogP contribution in [0.4, 0.5) is 0 Å². The number of aromatic nitrogens is 1. The predicted octanol–water partition coefficient (Wildman–Crippen LogP) is 4.86. The van der Waals surface area contributed by atoms with E-state index < -0.39 is 0 Å². The molecule has 0 aliphatic heterocycles. The molecule has 2 aromatic carbocycles. The van der Waals surface area contributed by atoms with Crippen LogP contribution < -0.4 is 10.5 Å². The standard InChI is InChI=1S/C24H29N3O/c1-24(2,18-25)19-27(16-20-11-13-26-14-12-20)17-21-7-6-10-23(15-21)28-22-8-4-3-5-9-22/h3-15H,16-19,25H2,1-2H3. The van der Waals surface area contributed by atoms with E-state index in [4.69, 9.17) is 10.5 Å². The van der Waals surface area contributed by atoms with Crippen molar-refractivity contribution in [1.82, 2.24) is 9.88 Å². The highest BCUT2D eigenvalue weighted by molar-refractivity contribution is 5.33. The summed E-state index contributed by atoms with van der Waals surface area (Å²) in [4.78, 5) is 6.56. The molecule has 0 aliphatic carbocycles. The van der Waals surface area contributed by atoms with Gasteiger partial charge in [-0.15, -0.1) is 0 Å². The van der Waals surface area contributed by atoms with Gasteiger partial charge in [-0.05, 0) is 59.5 Å². The first kappa shape index (κ1) is 20.1. The fraction of sp³-hybridized carbons (Fsp3) is 0.292. The highest BCUT2D eigenvalue weighted by Crippen LogP contribution is 2.24. The fourth-order valence-electron chi connectivity index (χ4n) is 3.17. The summed E-state index contributed by atoms with van der Waals surface area (Å²) in [5.74, 6) is 1.70. The summed E-state index contributed by atoms with van der Waals surface area (Å²) in [5.41, 5.74) is 8.51. The van der Waals surface area contributed by atoms with E-state index >= 15 is 0 Å². The van der Waals surface area contributed by atoms with E-state index in [1.54, 1.807) is 0 Å². The number of nitrogens with two attached hydrogens (primary N) is 1. The zero-order chi connectivity index (χ0) is 19.8. The Kier molecular flexibility index (Phi) is 6.80. The van der Waals surface area contributed by atoms with Gasteiger partial charge in [-0.25, -0.2) is 0 Å². The molecule has 4 nitrogen and oxygen atoms in total. The molecule has 3 aromatic rings. The molecule has 0 amide bonds. The zero-order valence-corrected chi connectivity index (χ0v) is 16.7. The summed E-state index contributed by atoms with van der Waals surface area (Å²) in [7, 11) is 0. The van der Waals surface area contributed by atoms with Gasteiger partial charge >= 0.3 is 0 Å². The first-order valence-corrected chi connectivity index (χ1v) is 9.67. The quantitative estimate of drug-likeness (QED) is 0.580. The lowest BCUT2D eigenvalue weighted by Gasteiger charge is -2.32. The second kappa shape index (κ2) is 9.49. The number of nitrogens with zero attached hydrogens (tertiary/aromatic N) is 2. The van der Waals surface area contributed by atoms with Crippen LogP contribution in [0.2, 0.25) is 0 Å². The maximum Gasteiger partial charge on any atom is 0.127 e. The smallest absolute Gasteiger partial charge is 0.127 e. The van der Waals surface area contributed by atoms with Gasteiger partial charge in [-0.2, -0.15) is 0 Å². The molecule has 2 N–H and O–H groups in total. The van der Waals surface area contributed by atoms with E-state index in [1.165, 1.54) is 11.1 Å². The molecule has 28 heavy (non-hydrogen) atoms. The Morgan fingerprint density at radius 1 is 0.857 bits per heavy atom. The topological polar surface area (TPSA) is 51.4 Å². The van der Waals surface area contributed by atoms with Crippen molar-refractivity contribution in [3.05, 3.63) is 90.3 Å². The predicted molar refractivity (Wildman–Crippen MR) is 114 cm³/mol. The highest BCUT2D eigenvalue weighted by Gasteiger charge is 2.20. The lowest BCUT2D eigenvalue weighted by atomic mass is 9.92. The third-order valence-electron chi connectivity index (χ3n) is 4.64. The van der Waals surface area contributed by atoms with Crippen LogP contribution in [0.5, 0.6) is 11.5 Å². The molecule has 0 atom stereocenters. The number of hydrogen-bond donors (Lipinski definition) is 1. The average Bonchev–Trinajstić information content (AvgIpc) is 2.69. The first-order valence-electron chi connectivity index (χ1n) is 9.67. The van der Waals surface area contributed by atoms with E-state index in [1.807, 2.05) is 54.9 Å². The normalized spacial score (nSPS) is 11.6. The monoisotopic (exact) mass is 375 g/mol. The molecule has 3 rings (SSSR count). The summed E-state index contributed by atoms with van der Waals surface area (Å²) >= 11 is 0. The Labute approximate surface area is 168 Å². The number of pyridine rings is 1. The maximum absolute atomic E-state index is 5.99. The Hall–Kier alpha value is -2.69. The molecule has 1 heterocycles. The van der Waals surface area contributed by atoms with Gasteiger partial charge in [0.2, 0.25) is 0 Å². The number of rotatable bonds is 9. The van der Waals surface area contributed by atoms with Gasteiger partial charge in [0, 0.05) is 32.0 Å². The Morgan fingerprint density at radius 2 is 1.54 bits per heavy atom. The van der Waals surface area contributed by atoms with Crippen molar-refractivity contribution in [1.29, 1.82) is 0 Å². The molecule has 0 spiro atoms. The van der Waals surface area contributed by atoms with Crippen molar-refractivity contribution in [2.45, 2.75) is 26.9 Å². The molecule has 0 radical (unpaired) electrons. The van der Waals surface area contributed by atoms with E-state index in [0.717, 1.165) is 31.1 Å². The minimum atomic E-state index is 0.0468. The van der Waals surface area contributed by atoms with Crippen LogP contribution >= 0.6 is 0 Å². The largest absolute Gasteiger partial charge is 0.457 e. The molecule has 0 saturated heterocycles. The summed E-state index contributed by atoms with van der Waals surface area (Å²) in [5, 5.41) is 0. The van der Waals surface area contributed by atoms with Crippen molar-refractivity contribution in [3.8, 4) is 11.5 Å². The number of ether oxygens (including phenoxy) is 1. The summed E-state index contributed by atoms with van der Waals surface area (Å²) in [6.45, 7) is 7.67. The molecular formula is C24H29N3O. The Balaban J connectivity index is 1.74.